The molecule has 4 heteroatoms. The molecule has 0 aromatic carbocycles. The van der Waals surface area contributed by atoms with Gasteiger partial charge in [-0.1, -0.05) is 40.0 Å². The van der Waals surface area contributed by atoms with Crippen molar-refractivity contribution in [3.63, 3.8) is 0 Å². The summed E-state index contributed by atoms with van der Waals surface area (Å²) in [5.74, 6) is 0. The van der Waals surface area contributed by atoms with Crippen LogP contribution in [0, 0.1) is 0 Å². The van der Waals surface area contributed by atoms with Crippen molar-refractivity contribution in [3.05, 3.63) is 0 Å². The third-order valence-electron chi connectivity index (χ3n) is 3.24. The molecule has 0 N–H and O–H groups in total. The van der Waals surface area contributed by atoms with Gasteiger partial charge in [-0.25, -0.2) is 0 Å². The third kappa shape index (κ3) is 8.24. The van der Waals surface area contributed by atoms with Gasteiger partial charge in [-0.3, -0.25) is 0 Å². The molecule has 0 aromatic heterocycles. The fourth-order valence-corrected chi connectivity index (χ4v) is 4.29. The molecule has 0 saturated heterocycles. The Bertz CT molecular complexity index is 172. The van der Waals surface area contributed by atoms with Crippen molar-refractivity contribution in [1.29, 1.82) is 0 Å². The summed E-state index contributed by atoms with van der Waals surface area (Å²) in [6.07, 6.45) is 5.01. The van der Waals surface area contributed by atoms with Crippen LogP contribution in [-0.2, 0) is 13.6 Å². The highest BCUT2D eigenvalue weighted by Crippen LogP contribution is 2.19. The number of rotatable bonds is 13. The normalized spacial score (nSPS) is 12.0. The lowest BCUT2D eigenvalue weighted by molar-refractivity contribution is 0.0846. The van der Waals surface area contributed by atoms with E-state index in [4.69, 9.17) is 13.6 Å². The molecule has 0 unspecified atom stereocenters. The van der Waals surface area contributed by atoms with Crippen LogP contribution in [0.5, 0.6) is 0 Å². The molecule has 0 aliphatic heterocycles. The van der Waals surface area contributed by atoms with E-state index in [1.54, 1.807) is 0 Å². The zero-order valence-corrected chi connectivity index (χ0v) is 13.8. The van der Waals surface area contributed by atoms with E-state index in [1.807, 2.05) is 6.92 Å². The van der Waals surface area contributed by atoms with Crippen LogP contribution in [0.1, 0.15) is 53.4 Å². The molecule has 110 valence electrons. The zero-order chi connectivity index (χ0) is 13.7. The standard InChI is InChI=1S/C14H32O3Si/c1-5-9-10-11-12-16-18(7-3,8-4)17-14-13-15-6-2/h5-14H2,1-4H3. The van der Waals surface area contributed by atoms with Crippen LogP contribution >= 0.6 is 0 Å². The largest absolute Gasteiger partial charge is 0.394 e. The Balaban J connectivity index is 3.85. The predicted molar refractivity (Wildman–Crippen MR) is 79.3 cm³/mol. The first-order valence-corrected chi connectivity index (χ1v) is 9.83. The molecule has 0 bridgehead atoms. The summed E-state index contributed by atoms with van der Waals surface area (Å²) in [5, 5.41) is 0. The van der Waals surface area contributed by atoms with Gasteiger partial charge < -0.3 is 13.6 Å². The van der Waals surface area contributed by atoms with Gasteiger partial charge >= 0.3 is 8.56 Å². The number of hydrogen-bond donors (Lipinski definition) is 0. The average molecular weight is 276 g/mol. The SMILES string of the molecule is CCCCCCO[Si](CC)(CC)OCCOCC. The minimum Gasteiger partial charge on any atom is -0.394 e. The Morgan fingerprint density at radius 3 is 1.94 bits per heavy atom. The molecule has 0 amide bonds. The third-order valence-corrected chi connectivity index (χ3v) is 6.85. The molecule has 0 heterocycles. The fourth-order valence-electron chi connectivity index (χ4n) is 1.92. The van der Waals surface area contributed by atoms with Crippen LogP contribution in [0.3, 0.4) is 0 Å². The molecule has 0 saturated carbocycles. The van der Waals surface area contributed by atoms with Gasteiger partial charge in [0.25, 0.3) is 0 Å². The molecular weight excluding hydrogens is 244 g/mol. The molecule has 0 aliphatic rings. The molecule has 0 radical (unpaired) electrons. The molecule has 0 aromatic rings. The monoisotopic (exact) mass is 276 g/mol. The minimum atomic E-state index is -1.93. The lowest BCUT2D eigenvalue weighted by Crippen LogP contribution is -2.42. The molecule has 3 nitrogen and oxygen atoms in total. The second-order valence-electron chi connectivity index (χ2n) is 4.57. The van der Waals surface area contributed by atoms with Gasteiger partial charge in [-0.2, -0.15) is 0 Å². The topological polar surface area (TPSA) is 27.7 Å². The van der Waals surface area contributed by atoms with Gasteiger partial charge in [0.2, 0.25) is 0 Å². The van der Waals surface area contributed by atoms with E-state index in [2.05, 4.69) is 20.8 Å². The second kappa shape index (κ2) is 12.1. The highest BCUT2D eigenvalue weighted by Gasteiger charge is 2.33. The highest BCUT2D eigenvalue weighted by atomic mass is 28.4. The predicted octanol–water partition coefficient (Wildman–Crippen LogP) is 4.12. The molecule has 0 atom stereocenters. The Hall–Kier alpha value is 0.0969. The Kier molecular flexibility index (Phi) is 12.2. The lowest BCUT2D eigenvalue weighted by Gasteiger charge is -2.28. The minimum absolute atomic E-state index is 0.677. The first-order chi connectivity index (χ1) is 8.74. The summed E-state index contributed by atoms with van der Waals surface area (Å²) in [5.41, 5.74) is 0. The maximum absolute atomic E-state index is 6.12. The molecule has 0 spiro atoms. The lowest BCUT2D eigenvalue weighted by atomic mass is 10.2. The van der Waals surface area contributed by atoms with Crippen molar-refractivity contribution in [3.8, 4) is 0 Å². The quantitative estimate of drug-likeness (QED) is 0.374. The van der Waals surface area contributed by atoms with E-state index >= 15 is 0 Å². The van der Waals surface area contributed by atoms with Crippen molar-refractivity contribution in [1.82, 2.24) is 0 Å². The van der Waals surface area contributed by atoms with E-state index < -0.39 is 8.56 Å². The van der Waals surface area contributed by atoms with Crippen LogP contribution in [0.2, 0.25) is 12.1 Å². The number of hydrogen-bond acceptors (Lipinski definition) is 3. The summed E-state index contributed by atoms with van der Waals surface area (Å²) in [6, 6.07) is 2.06. The zero-order valence-electron chi connectivity index (χ0n) is 12.8. The van der Waals surface area contributed by atoms with E-state index in [1.165, 1.54) is 19.3 Å². The van der Waals surface area contributed by atoms with Crippen LogP contribution < -0.4 is 0 Å². The van der Waals surface area contributed by atoms with Gasteiger partial charge in [0.05, 0.1) is 13.2 Å². The van der Waals surface area contributed by atoms with Crippen LogP contribution in [0.4, 0.5) is 0 Å². The van der Waals surface area contributed by atoms with Crippen molar-refractivity contribution in [2.45, 2.75) is 65.5 Å². The van der Waals surface area contributed by atoms with E-state index in [0.717, 1.165) is 31.7 Å². The summed E-state index contributed by atoms with van der Waals surface area (Å²) in [7, 11) is -1.93. The van der Waals surface area contributed by atoms with Gasteiger partial charge in [0, 0.05) is 13.2 Å². The molecule has 0 aliphatic carbocycles. The summed E-state index contributed by atoms with van der Waals surface area (Å²) >= 11 is 0. The Morgan fingerprint density at radius 2 is 1.39 bits per heavy atom. The first kappa shape index (κ1) is 18.1. The summed E-state index contributed by atoms with van der Waals surface area (Å²) in [6.45, 7) is 11.6. The van der Waals surface area contributed by atoms with Crippen LogP contribution in [0.15, 0.2) is 0 Å². The van der Waals surface area contributed by atoms with E-state index in [-0.39, 0.29) is 0 Å². The molecule has 18 heavy (non-hydrogen) atoms. The maximum atomic E-state index is 6.12. The molecular formula is C14H32O3Si. The van der Waals surface area contributed by atoms with Crippen molar-refractivity contribution >= 4 is 8.56 Å². The summed E-state index contributed by atoms with van der Waals surface area (Å²) in [4.78, 5) is 0. The van der Waals surface area contributed by atoms with Gasteiger partial charge in [-0.15, -0.1) is 0 Å². The molecule has 0 fully saturated rings. The Labute approximate surface area is 114 Å². The van der Waals surface area contributed by atoms with Crippen molar-refractivity contribution < 1.29 is 13.6 Å². The maximum Gasteiger partial charge on any atom is 0.337 e. The van der Waals surface area contributed by atoms with E-state index in [0.29, 0.717) is 13.2 Å². The van der Waals surface area contributed by atoms with Crippen molar-refractivity contribution in [2.75, 3.05) is 26.4 Å². The smallest absolute Gasteiger partial charge is 0.337 e. The van der Waals surface area contributed by atoms with Crippen LogP contribution in [-0.4, -0.2) is 35.0 Å². The van der Waals surface area contributed by atoms with Gasteiger partial charge in [0.15, 0.2) is 0 Å². The summed E-state index contributed by atoms with van der Waals surface area (Å²) < 4.78 is 17.5. The van der Waals surface area contributed by atoms with Crippen molar-refractivity contribution in [2.24, 2.45) is 0 Å². The second-order valence-corrected chi connectivity index (χ2v) is 8.39. The number of ether oxygens (including phenoxy) is 1. The Morgan fingerprint density at radius 1 is 0.722 bits per heavy atom. The van der Waals surface area contributed by atoms with Gasteiger partial charge in [-0.05, 0) is 25.4 Å². The highest BCUT2D eigenvalue weighted by molar-refractivity contribution is 6.67. The number of unbranched alkanes of at least 4 members (excludes halogenated alkanes) is 3. The molecule has 0 rings (SSSR count). The van der Waals surface area contributed by atoms with E-state index in [9.17, 15) is 0 Å². The first-order valence-electron chi connectivity index (χ1n) is 7.60. The fraction of sp³-hybridized carbons (Fsp3) is 1.00. The average Bonchev–Trinajstić information content (AvgIpc) is 2.41. The van der Waals surface area contributed by atoms with Gasteiger partial charge in [0.1, 0.15) is 0 Å². The van der Waals surface area contributed by atoms with Crippen LogP contribution in [0.25, 0.3) is 0 Å².